The van der Waals surface area contributed by atoms with Crippen molar-refractivity contribution in [1.82, 2.24) is 0 Å². The van der Waals surface area contributed by atoms with Crippen LogP contribution in [0.15, 0.2) is 36.4 Å². The van der Waals surface area contributed by atoms with Crippen LogP contribution in [-0.2, 0) is 25.7 Å². The second-order valence-corrected chi connectivity index (χ2v) is 16.0. The highest BCUT2D eigenvalue weighted by atomic mass is 16.5. The average Bonchev–Trinajstić information content (AvgIpc) is 3.06. The zero-order chi connectivity index (χ0) is 28.9. The molecule has 0 saturated carbocycles. The number of fused-ring (bicyclic) bond motifs is 3. The van der Waals surface area contributed by atoms with Crippen LogP contribution in [0.1, 0.15) is 125 Å². The molecule has 0 unspecified atom stereocenters. The largest absolute Gasteiger partial charge is 0.385 e. The first-order valence-corrected chi connectivity index (χ1v) is 14.6. The first kappa shape index (κ1) is 30.9. The highest BCUT2D eigenvalue weighted by Crippen LogP contribution is 2.67. The zero-order valence-electron chi connectivity index (χ0n) is 27.1. The van der Waals surface area contributed by atoms with E-state index in [1.54, 1.807) is 0 Å². The van der Waals surface area contributed by atoms with Gasteiger partial charge in [0.2, 0.25) is 0 Å². The lowest BCUT2D eigenvalue weighted by Gasteiger charge is -2.56. The summed E-state index contributed by atoms with van der Waals surface area (Å²) in [5.41, 5.74) is 8.16. The Balaban J connectivity index is 2.44. The molecule has 0 amide bonds. The fraction of sp³-hybridized carbons (Fsp3) is 0.667. The summed E-state index contributed by atoms with van der Waals surface area (Å²) >= 11 is 0. The molecule has 38 heavy (non-hydrogen) atoms. The molecule has 2 aromatic rings. The van der Waals surface area contributed by atoms with Crippen molar-refractivity contribution in [3.8, 4) is 11.1 Å². The minimum absolute atomic E-state index is 0.0682. The van der Waals surface area contributed by atoms with Crippen LogP contribution in [0.25, 0.3) is 11.1 Å². The SMILES string of the molecule is COCCC(C)(C)C1(C(C)(C)CCOC(C)(C)C)c2cc(C(C)(C)C)ccc2-c2ccc(C(C)(C)C)cc21. The molecule has 2 heteroatoms. The summed E-state index contributed by atoms with van der Waals surface area (Å²) in [5.74, 6) is 0. The third-order valence-electron chi connectivity index (χ3n) is 9.09. The van der Waals surface area contributed by atoms with Crippen molar-refractivity contribution in [3.05, 3.63) is 58.7 Å². The van der Waals surface area contributed by atoms with E-state index in [4.69, 9.17) is 9.47 Å². The van der Waals surface area contributed by atoms with Gasteiger partial charge in [-0.3, -0.25) is 0 Å². The van der Waals surface area contributed by atoms with E-state index in [0.29, 0.717) is 0 Å². The fourth-order valence-corrected chi connectivity index (χ4v) is 6.98. The Morgan fingerprint density at radius 3 is 1.32 bits per heavy atom. The molecule has 0 aromatic heterocycles. The lowest BCUT2D eigenvalue weighted by Crippen LogP contribution is -2.53. The van der Waals surface area contributed by atoms with Crippen LogP contribution in [0.5, 0.6) is 0 Å². The van der Waals surface area contributed by atoms with Gasteiger partial charge < -0.3 is 9.47 Å². The molecule has 1 aliphatic rings. The minimum Gasteiger partial charge on any atom is -0.385 e. The zero-order valence-corrected chi connectivity index (χ0v) is 27.1. The van der Waals surface area contributed by atoms with Crippen molar-refractivity contribution in [1.29, 1.82) is 0 Å². The van der Waals surface area contributed by atoms with Crippen molar-refractivity contribution in [2.45, 2.75) is 125 Å². The van der Waals surface area contributed by atoms with Crippen molar-refractivity contribution in [2.75, 3.05) is 20.3 Å². The summed E-state index contributed by atoms with van der Waals surface area (Å²) in [4.78, 5) is 0. The topological polar surface area (TPSA) is 18.5 Å². The maximum Gasteiger partial charge on any atom is 0.0598 e. The Bertz CT molecular complexity index is 1070. The van der Waals surface area contributed by atoms with Gasteiger partial charge in [-0.25, -0.2) is 0 Å². The molecule has 0 saturated heterocycles. The third-order valence-corrected chi connectivity index (χ3v) is 9.09. The Morgan fingerprint density at radius 2 is 0.974 bits per heavy atom. The first-order chi connectivity index (χ1) is 17.2. The van der Waals surface area contributed by atoms with Gasteiger partial charge >= 0.3 is 0 Å². The van der Waals surface area contributed by atoms with Gasteiger partial charge in [0.1, 0.15) is 0 Å². The van der Waals surface area contributed by atoms with Crippen LogP contribution in [-0.4, -0.2) is 25.9 Å². The minimum atomic E-state index is -0.215. The normalized spacial score (nSPS) is 15.9. The first-order valence-electron chi connectivity index (χ1n) is 14.6. The second-order valence-electron chi connectivity index (χ2n) is 16.0. The Labute approximate surface area is 234 Å². The Kier molecular flexibility index (Phi) is 8.19. The Hall–Kier alpha value is -1.64. The second kappa shape index (κ2) is 10.1. The standard InChI is InChI=1S/C36H56O2/c1-31(2,3)25-15-17-27-28-18-16-26(32(4,5)6)24-30(28)36(29(27)23-25,34(10,11)19-21-37-14)35(12,13)20-22-38-33(7,8)9/h15-18,23-24H,19-22H2,1-14H3. The molecule has 3 rings (SSSR count). The van der Waals surface area contributed by atoms with Crippen LogP contribution >= 0.6 is 0 Å². The van der Waals surface area contributed by atoms with E-state index in [2.05, 4.69) is 126 Å². The summed E-state index contributed by atoms with van der Waals surface area (Å²) in [5, 5.41) is 0. The van der Waals surface area contributed by atoms with Gasteiger partial charge in [0.05, 0.1) is 5.60 Å². The van der Waals surface area contributed by atoms with Crippen molar-refractivity contribution in [3.63, 3.8) is 0 Å². The number of benzene rings is 2. The summed E-state index contributed by atoms with van der Waals surface area (Å²) in [6, 6.07) is 14.6. The maximum atomic E-state index is 6.37. The third kappa shape index (κ3) is 5.50. The quantitative estimate of drug-likeness (QED) is 0.345. The molecule has 212 valence electrons. The summed E-state index contributed by atoms with van der Waals surface area (Å²) in [6.45, 7) is 31.8. The van der Waals surface area contributed by atoms with Crippen LogP contribution in [0.4, 0.5) is 0 Å². The average molecular weight is 521 g/mol. The molecule has 0 fully saturated rings. The highest BCUT2D eigenvalue weighted by Gasteiger charge is 2.60. The number of hydrogen-bond donors (Lipinski definition) is 0. The number of hydrogen-bond acceptors (Lipinski definition) is 2. The molecule has 0 aliphatic heterocycles. The summed E-state index contributed by atoms with van der Waals surface area (Å²) < 4.78 is 12.1. The van der Waals surface area contributed by atoms with E-state index in [9.17, 15) is 0 Å². The highest BCUT2D eigenvalue weighted by molar-refractivity contribution is 5.83. The van der Waals surface area contributed by atoms with Gasteiger partial charge in [-0.05, 0) is 88.7 Å². The van der Waals surface area contributed by atoms with E-state index in [-0.39, 0.29) is 32.7 Å². The maximum absolute atomic E-state index is 6.37. The van der Waals surface area contributed by atoms with Crippen LogP contribution in [0.2, 0.25) is 0 Å². The lowest BCUT2D eigenvalue weighted by molar-refractivity contribution is -0.0382. The molecule has 2 nitrogen and oxygen atoms in total. The van der Waals surface area contributed by atoms with E-state index < -0.39 is 0 Å². The van der Waals surface area contributed by atoms with Crippen LogP contribution in [0.3, 0.4) is 0 Å². The molecule has 0 atom stereocenters. The van der Waals surface area contributed by atoms with Gasteiger partial charge in [-0.15, -0.1) is 0 Å². The summed E-state index contributed by atoms with van der Waals surface area (Å²) in [6.07, 6.45) is 1.95. The molecule has 2 aromatic carbocycles. The molecule has 0 N–H and O–H groups in total. The molecule has 0 spiro atoms. The van der Waals surface area contributed by atoms with Gasteiger partial charge in [0.15, 0.2) is 0 Å². The van der Waals surface area contributed by atoms with E-state index in [1.807, 2.05) is 7.11 Å². The van der Waals surface area contributed by atoms with Gasteiger partial charge in [0, 0.05) is 25.7 Å². The summed E-state index contributed by atoms with van der Waals surface area (Å²) in [7, 11) is 1.83. The molecular formula is C36H56O2. The van der Waals surface area contributed by atoms with E-state index in [0.717, 1.165) is 26.1 Å². The smallest absolute Gasteiger partial charge is 0.0598 e. The van der Waals surface area contributed by atoms with Crippen molar-refractivity contribution < 1.29 is 9.47 Å². The predicted molar refractivity (Wildman–Crippen MR) is 164 cm³/mol. The predicted octanol–water partition coefficient (Wildman–Crippen LogP) is 9.84. The van der Waals surface area contributed by atoms with E-state index in [1.165, 1.54) is 33.4 Å². The molecule has 0 bridgehead atoms. The van der Waals surface area contributed by atoms with Gasteiger partial charge in [-0.1, -0.05) is 106 Å². The van der Waals surface area contributed by atoms with Crippen LogP contribution < -0.4 is 0 Å². The molecule has 0 radical (unpaired) electrons. The van der Waals surface area contributed by atoms with Gasteiger partial charge in [-0.2, -0.15) is 0 Å². The number of ether oxygens (including phenoxy) is 2. The van der Waals surface area contributed by atoms with Crippen LogP contribution in [0, 0.1) is 10.8 Å². The monoisotopic (exact) mass is 520 g/mol. The van der Waals surface area contributed by atoms with E-state index >= 15 is 0 Å². The number of methoxy groups -OCH3 is 1. The van der Waals surface area contributed by atoms with Crippen molar-refractivity contribution in [2.24, 2.45) is 10.8 Å². The Morgan fingerprint density at radius 1 is 0.579 bits per heavy atom. The van der Waals surface area contributed by atoms with Gasteiger partial charge in [0.25, 0.3) is 0 Å². The molecule has 0 heterocycles. The molecule has 1 aliphatic carbocycles. The number of rotatable bonds is 8. The lowest BCUT2D eigenvalue weighted by atomic mass is 9.47. The fourth-order valence-electron chi connectivity index (χ4n) is 6.98. The molecular weight excluding hydrogens is 464 g/mol. The van der Waals surface area contributed by atoms with Crippen molar-refractivity contribution >= 4 is 0 Å².